The first-order valence-corrected chi connectivity index (χ1v) is 9.99. The molecule has 2 atom stereocenters. The van der Waals surface area contributed by atoms with Crippen molar-refractivity contribution in [3.63, 3.8) is 0 Å². The Labute approximate surface area is 162 Å². The molecule has 2 heterocycles. The summed E-state index contributed by atoms with van der Waals surface area (Å²) in [7, 11) is 0. The standard InChI is InChI=1S/C18H25N3O5S/c1-9(2)12(20-13(22)6-11-7-14(23)21-17(11)24)8-19-18(25)16-10(3)5-15(26-16)27-4/h5,9,11-12H,6-8H2,1-4H3,(H,19,25)(H,20,22)(H,21,23,24). The molecule has 0 bridgehead atoms. The number of carbonyl (C=O) groups excluding carboxylic acids is 4. The minimum absolute atomic E-state index is 0.0326. The van der Waals surface area contributed by atoms with E-state index in [-0.39, 0.29) is 54.8 Å². The van der Waals surface area contributed by atoms with Crippen molar-refractivity contribution in [3.8, 4) is 0 Å². The van der Waals surface area contributed by atoms with Crippen LogP contribution in [0.2, 0.25) is 0 Å². The number of amides is 4. The van der Waals surface area contributed by atoms with Crippen LogP contribution in [-0.2, 0) is 14.4 Å². The maximum atomic E-state index is 12.3. The van der Waals surface area contributed by atoms with Crippen molar-refractivity contribution < 1.29 is 23.6 Å². The lowest BCUT2D eigenvalue weighted by Crippen LogP contribution is -2.47. The van der Waals surface area contributed by atoms with Crippen molar-refractivity contribution in [2.24, 2.45) is 11.8 Å². The van der Waals surface area contributed by atoms with Crippen molar-refractivity contribution >= 4 is 35.4 Å². The topological polar surface area (TPSA) is 118 Å². The molecule has 3 N–H and O–H groups in total. The molecule has 27 heavy (non-hydrogen) atoms. The molecule has 1 fully saturated rings. The van der Waals surface area contributed by atoms with E-state index in [1.165, 1.54) is 11.8 Å². The maximum Gasteiger partial charge on any atom is 0.287 e. The molecular weight excluding hydrogens is 370 g/mol. The van der Waals surface area contributed by atoms with Crippen molar-refractivity contribution in [2.45, 2.75) is 44.7 Å². The Hall–Kier alpha value is -2.29. The molecule has 1 aromatic heterocycles. The molecule has 0 radical (unpaired) electrons. The number of rotatable bonds is 8. The first-order valence-electron chi connectivity index (χ1n) is 8.77. The molecule has 1 aromatic rings. The highest BCUT2D eigenvalue weighted by Crippen LogP contribution is 2.22. The van der Waals surface area contributed by atoms with Gasteiger partial charge in [0.2, 0.25) is 17.7 Å². The van der Waals surface area contributed by atoms with Gasteiger partial charge >= 0.3 is 0 Å². The monoisotopic (exact) mass is 395 g/mol. The van der Waals surface area contributed by atoms with Crippen LogP contribution in [-0.4, -0.2) is 42.5 Å². The zero-order chi connectivity index (χ0) is 20.1. The Bertz CT molecular complexity index is 743. The number of hydrogen-bond acceptors (Lipinski definition) is 6. The van der Waals surface area contributed by atoms with E-state index in [0.29, 0.717) is 5.09 Å². The molecule has 148 valence electrons. The minimum Gasteiger partial charge on any atom is -0.444 e. The molecule has 0 spiro atoms. The van der Waals surface area contributed by atoms with E-state index in [1.54, 1.807) is 13.0 Å². The first kappa shape index (κ1) is 21.0. The number of thioether (sulfide) groups is 1. The summed E-state index contributed by atoms with van der Waals surface area (Å²) in [6.07, 6.45) is 1.84. The van der Waals surface area contributed by atoms with Gasteiger partial charge in [-0.05, 0) is 25.2 Å². The van der Waals surface area contributed by atoms with Crippen molar-refractivity contribution in [3.05, 3.63) is 17.4 Å². The summed E-state index contributed by atoms with van der Waals surface area (Å²) in [5.74, 6) is -1.74. The van der Waals surface area contributed by atoms with E-state index < -0.39 is 11.8 Å². The Balaban J connectivity index is 1.90. The predicted octanol–water partition coefficient (Wildman–Crippen LogP) is 1.23. The second-order valence-electron chi connectivity index (χ2n) is 6.93. The highest BCUT2D eigenvalue weighted by Gasteiger charge is 2.32. The van der Waals surface area contributed by atoms with Gasteiger partial charge in [0.15, 0.2) is 10.9 Å². The van der Waals surface area contributed by atoms with E-state index in [1.807, 2.05) is 20.1 Å². The largest absolute Gasteiger partial charge is 0.444 e. The van der Waals surface area contributed by atoms with Crippen LogP contribution in [0.3, 0.4) is 0 Å². The normalized spacial score (nSPS) is 17.7. The molecule has 0 saturated carbocycles. The van der Waals surface area contributed by atoms with Gasteiger partial charge in [0.05, 0.1) is 5.92 Å². The highest BCUT2D eigenvalue weighted by molar-refractivity contribution is 7.98. The minimum atomic E-state index is -0.629. The first-order chi connectivity index (χ1) is 12.7. The number of imide groups is 1. The second kappa shape index (κ2) is 9.07. The third-order valence-corrected chi connectivity index (χ3v) is 5.04. The van der Waals surface area contributed by atoms with Gasteiger partial charge in [-0.1, -0.05) is 25.6 Å². The number of hydrogen-bond donors (Lipinski definition) is 3. The van der Waals surface area contributed by atoms with E-state index in [9.17, 15) is 19.2 Å². The number of carbonyl (C=O) groups is 4. The van der Waals surface area contributed by atoms with Crippen LogP contribution in [0, 0.1) is 18.8 Å². The molecule has 8 nitrogen and oxygen atoms in total. The maximum absolute atomic E-state index is 12.3. The summed E-state index contributed by atoms with van der Waals surface area (Å²) in [5, 5.41) is 8.47. The lowest BCUT2D eigenvalue weighted by Gasteiger charge is -2.23. The Morgan fingerprint density at radius 1 is 1.37 bits per heavy atom. The predicted molar refractivity (Wildman–Crippen MR) is 100 cm³/mol. The summed E-state index contributed by atoms with van der Waals surface area (Å²) >= 11 is 1.41. The van der Waals surface area contributed by atoms with Crippen LogP contribution in [0.5, 0.6) is 0 Å². The molecule has 9 heteroatoms. The zero-order valence-corrected chi connectivity index (χ0v) is 16.7. The van der Waals surface area contributed by atoms with Crippen LogP contribution in [0.25, 0.3) is 0 Å². The Kier molecular flexibility index (Phi) is 7.06. The molecule has 0 aromatic carbocycles. The molecule has 1 aliphatic rings. The highest BCUT2D eigenvalue weighted by atomic mass is 32.2. The lowest BCUT2D eigenvalue weighted by molar-refractivity contribution is -0.129. The summed E-state index contributed by atoms with van der Waals surface area (Å²) < 4.78 is 5.50. The Morgan fingerprint density at radius 3 is 2.59 bits per heavy atom. The number of furan rings is 1. The average Bonchev–Trinajstić information content (AvgIpc) is 3.12. The summed E-state index contributed by atoms with van der Waals surface area (Å²) in [6, 6.07) is 1.49. The van der Waals surface area contributed by atoms with Crippen LogP contribution >= 0.6 is 11.8 Å². The molecule has 1 saturated heterocycles. The Morgan fingerprint density at radius 2 is 2.07 bits per heavy atom. The van der Waals surface area contributed by atoms with E-state index in [4.69, 9.17) is 4.42 Å². The van der Waals surface area contributed by atoms with Crippen molar-refractivity contribution in [2.75, 3.05) is 12.8 Å². The molecule has 4 amide bonds. The fourth-order valence-electron chi connectivity index (χ4n) is 2.78. The van der Waals surface area contributed by atoms with Crippen LogP contribution < -0.4 is 16.0 Å². The molecule has 1 aliphatic heterocycles. The van der Waals surface area contributed by atoms with Crippen molar-refractivity contribution in [1.82, 2.24) is 16.0 Å². The number of aryl methyl sites for hydroxylation is 1. The molecule has 2 unspecified atom stereocenters. The van der Waals surface area contributed by atoms with Gasteiger partial charge in [0.1, 0.15) is 0 Å². The molecule has 0 aliphatic carbocycles. The van der Waals surface area contributed by atoms with Gasteiger partial charge in [0, 0.05) is 31.0 Å². The molecular formula is C18H25N3O5S. The van der Waals surface area contributed by atoms with E-state index in [2.05, 4.69) is 16.0 Å². The third kappa shape index (κ3) is 5.59. The third-order valence-electron chi connectivity index (χ3n) is 4.43. The second-order valence-corrected chi connectivity index (χ2v) is 7.74. The van der Waals surface area contributed by atoms with Gasteiger partial charge in [-0.3, -0.25) is 24.5 Å². The smallest absolute Gasteiger partial charge is 0.287 e. The van der Waals surface area contributed by atoms with Crippen molar-refractivity contribution in [1.29, 1.82) is 0 Å². The van der Waals surface area contributed by atoms with Gasteiger partial charge < -0.3 is 15.1 Å². The fraction of sp³-hybridized carbons (Fsp3) is 0.556. The van der Waals surface area contributed by atoms with E-state index in [0.717, 1.165) is 5.56 Å². The summed E-state index contributed by atoms with van der Waals surface area (Å²) in [6.45, 7) is 5.88. The van der Waals surface area contributed by atoms with Gasteiger partial charge in [-0.25, -0.2) is 0 Å². The lowest BCUT2D eigenvalue weighted by atomic mass is 10.0. The van der Waals surface area contributed by atoms with Crippen LogP contribution in [0.1, 0.15) is 42.8 Å². The van der Waals surface area contributed by atoms with Gasteiger partial charge in [-0.2, -0.15) is 0 Å². The van der Waals surface area contributed by atoms with E-state index >= 15 is 0 Å². The van der Waals surface area contributed by atoms with Gasteiger partial charge in [0.25, 0.3) is 5.91 Å². The fourth-order valence-corrected chi connectivity index (χ4v) is 3.24. The zero-order valence-electron chi connectivity index (χ0n) is 15.9. The van der Waals surface area contributed by atoms with Crippen LogP contribution in [0.15, 0.2) is 15.6 Å². The summed E-state index contributed by atoms with van der Waals surface area (Å²) in [5.41, 5.74) is 0.749. The summed E-state index contributed by atoms with van der Waals surface area (Å²) in [4.78, 5) is 47.4. The van der Waals surface area contributed by atoms with Crippen LogP contribution in [0.4, 0.5) is 0 Å². The average molecular weight is 395 g/mol. The number of nitrogens with one attached hydrogen (secondary N) is 3. The van der Waals surface area contributed by atoms with Gasteiger partial charge in [-0.15, -0.1) is 0 Å². The molecule has 2 rings (SSSR count). The quantitative estimate of drug-likeness (QED) is 0.450. The SMILES string of the molecule is CSc1cc(C)c(C(=O)NCC(NC(=O)CC2CC(=O)NC2=O)C(C)C)o1.